The zero-order valence-corrected chi connectivity index (χ0v) is 18.6. The molecule has 1 atom stereocenters. The van der Waals surface area contributed by atoms with Gasteiger partial charge in [0.2, 0.25) is 5.91 Å². The van der Waals surface area contributed by atoms with Gasteiger partial charge in [-0.05, 0) is 61.9 Å². The number of carbonyl (C=O) groups excluding carboxylic acids is 1. The molecule has 3 aromatic rings. The molecule has 1 fully saturated rings. The van der Waals surface area contributed by atoms with Gasteiger partial charge in [-0.1, -0.05) is 24.6 Å². The van der Waals surface area contributed by atoms with E-state index in [9.17, 15) is 4.79 Å². The number of primary amides is 1. The highest BCUT2D eigenvalue weighted by atomic mass is 35.5. The molecule has 7 heteroatoms. The molecule has 31 heavy (non-hydrogen) atoms. The van der Waals surface area contributed by atoms with E-state index in [0.29, 0.717) is 33.0 Å². The Hall–Kier alpha value is -3.12. The molecule has 1 aliphatic carbocycles. The van der Waals surface area contributed by atoms with Crippen LogP contribution in [0.2, 0.25) is 5.02 Å². The number of nitrogens with two attached hydrogens (primary N) is 2. The summed E-state index contributed by atoms with van der Waals surface area (Å²) in [6, 6.07) is 9.50. The van der Waals surface area contributed by atoms with Gasteiger partial charge in [0.25, 0.3) is 0 Å². The molecule has 1 unspecified atom stereocenters. The summed E-state index contributed by atoms with van der Waals surface area (Å²) in [5.74, 6) is -1.04. The molecule has 0 bridgehead atoms. The van der Waals surface area contributed by atoms with Gasteiger partial charge in [-0.3, -0.25) is 9.79 Å². The maximum Gasteiger partial charge on any atom is 0.226 e. The quantitative estimate of drug-likeness (QED) is 0.315. The number of nitrogen functional groups attached to an aromatic ring is 1. The van der Waals surface area contributed by atoms with Crippen molar-refractivity contribution in [3.05, 3.63) is 57.7 Å². The molecular formula is C24H26ClN5O. The summed E-state index contributed by atoms with van der Waals surface area (Å²) < 4.78 is 0. The largest absolute Gasteiger partial charge is 0.398 e. The molecule has 1 aliphatic rings. The van der Waals surface area contributed by atoms with E-state index in [0.717, 1.165) is 29.6 Å². The third-order valence-corrected chi connectivity index (χ3v) is 6.58. The summed E-state index contributed by atoms with van der Waals surface area (Å²) in [6.45, 7) is 5.92. The van der Waals surface area contributed by atoms with Crippen LogP contribution in [0.1, 0.15) is 61.9 Å². The van der Waals surface area contributed by atoms with Crippen molar-refractivity contribution >= 4 is 51.7 Å². The lowest BCUT2D eigenvalue weighted by Crippen LogP contribution is -2.19. The average Bonchev–Trinajstić information content (AvgIpc) is 3.38. The number of nitrogens with zero attached hydrogens (tertiary/aromatic N) is 1. The van der Waals surface area contributed by atoms with E-state index >= 15 is 0 Å². The molecule has 4 rings (SSSR count). The fraction of sp³-hybridized carbons (Fsp3) is 0.292. The monoisotopic (exact) mass is 435 g/mol. The Kier molecular flexibility index (Phi) is 5.13. The predicted octanol–water partition coefficient (Wildman–Crippen LogP) is 5.18. The minimum absolute atomic E-state index is 0.130. The minimum atomic E-state index is -0.585. The van der Waals surface area contributed by atoms with Gasteiger partial charge in [0.15, 0.2) is 0 Å². The maximum atomic E-state index is 12.0. The highest BCUT2D eigenvalue weighted by Crippen LogP contribution is 2.49. The number of hydrogen-bond acceptors (Lipinski definition) is 4. The zero-order valence-electron chi connectivity index (χ0n) is 17.8. The smallest absolute Gasteiger partial charge is 0.226 e. The zero-order chi connectivity index (χ0) is 22.5. The number of anilines is 1. The van der Waals surface area contributed by atoms with Crippen LogP contribution in [0.5, 0.6) is 0 Å². The SMILES string of the molecule is CC(=Nc1c(C(C)C(N)=O)[nH]c2ccc(N)c(C=N)c12)c1cc(Cl)ccc1C1(C)CC1. The van der Waals surface area contributed by atoms with Gasteiger partial charge in [-0.25, -0.2) is 0 Å². The number of nitrogens with one attached hydrogen (secondary N) is 2. The number of halogens is 1. The number of rotatable bonds is 6. The molecule has 1 saturated carbocycles. The Balaban J connectivity index is 2.00. The van der Waals surface area contributed by atoms with Crippen molar-refractivity contribution in [2.75, 3.05) is 5.73 Å². The van der Waals surface area contributed by atoms with E-state index in [2.05, 4.69) is 18.0 Å². The number of amides is 1. The number of benzene rings is 2. The molecule has 160 valence electrons. The summed E-state index contributed by atoms with van der Waals surface area (Å²) in [5.41, 5.74) is 17.8. The molecule has 0 radical (unpaired) electrons. The van der Waals surface area contributed by atoms with Crippen LogP contribution >= 0.6 is 11.6 Å². The number of aliphatic imine (C=N–C) groups is 1. The van der Waals surface area contributed by atoms with Crippen molar-refractivity contribution in [2.24, 2.45) is 10.7 Å². The number of carbonyl (C=O) groups is 1. The van der Waals surface area contributed by atoms with Crippen molar-refractivity contribution in [1.82, 2.24) is 4.98 Å². The molecule has 0 saturated heterocycles. The highest BCUT2D eigenvalue weighted by Gasteiger charge is 2.40. The van der Waals surface area contributed by atoms with Gasteiger partial charge >= 0.3 is 0 Å². The molecule has 0 spiro atoms. The molecule has 6 N–H and O–H groups in total. The van der Waals surface area contributed by atoms with Crippen LogP contribution in [0, 0.1) is 5.41 Å². The van der Waals surface area contributed by atoms with Crippen molar-refractivity contribution < 1.29 is 4.79 Å². The Morgan fingerprint density at radius 3 is 2.65 bits per heavy atom. The van der Waals surface area contributed by atoms with Crippen molar-refractivity contribution in [2.45, 2.75) is 44.9 Å². The second-order valence-electron chi connectivity index (χ2n) is 8.59. The van der Waals surface area contributed by atoms with Gasteiger partial charge in [-0.2, -0.15) is 0 Å². The summed E-state index contributed by atoms with van der Waals surface area (Å²) in [4.78, 5) is 20.3. The van der Waals surface area contributed by atoms with Gasteiger partial charge in [0.1, 0.15) is 0 Å². The van der Waals surface area contributed by atoms with Crippen LogP contribution in [-0.2, 0) is 10.2 Å². The number of aromatic nitrogens is 1. The van der Waals surface area contributed by atoms with Gasteiger partial charge in [-0.15, -0.1) is 0 Å². The first-order valence-corrected chi connectivity index (χ1v) is 10.6. The molecule has 2 aromatic carbocycles. The van der Waals surface area contributed by atoms with E-state index < -0.39 is 11.8 Å². The number of aromatic amines is 1. The first-order chi connectivity index (χ1) is 14.7. The molecular weight excluding hydrogens is 410 g/mol. The highest BCUT2D eigenvalue weighted by molar-refractivity contribution is 6.31. The normalized spacial score (nSPS) is 16.3. The summed E-state index contributed by atoms with van der Waals surface area (Å²) in [6.07, 6.45) is 3.47. The van der Waals surface area contributed by atoms with E-state index in [1.807, 2.05) is 25.1 Å². The van der Waals surface area contributed by atoms with Crippen LogP contribution in [-0.4, -0.2) is 22.8 Å². The van der Waals surface area contributed by atoms with E-state index in [1.54, 1.807) is 13.0 Å². The van der Waals surface area contributed by atoms with Gasteiger partial charge in [0.05, 0.1) is 17.3 Å². The molecule has 0 aliphatic heterocycles. The van der Waals surface area contributed by atoms with Crippen LogP contribution in [0.3, 0.4) is 0 Å². The molecule has 1 amide bonds. The van der Waals surface area contributed by atoms with E-state index in [4.69, 9.17) is 33.5 Å². The summed E-state index contributed by atoms with van der Waals surface area (Å²) in [5, 5.41) is 9.24. The van der Waals surface area contributed by atoms with Crippen LogP contribution in [0.15, 0.2) is 35.3 Å². The fourth-order valence-corrected chi connectivity index (χ4v) is 4.26. The first-order valence-electron chi connectivity index (χ1n) is 10.3. The Bertz CT molecular complexity index is 1250. The summed E-state index contributed by atoms with van der Waals surface area (Å²) in [7, 11) is 0. The van der Waals surface area contributed by atoms with Crippen molar-refractivity contribution in [3.8, 4) is 0 Å². The predicted molar refractivity (Wildman–Crippen MR) is 128 cm³/mol. The average molecular weight is 436 g/mol. The lowest BCUT2D eigenvalue weighted by atomic mass is 9.91. The second kappa shape index (κ2) is 7.54. The topological polar surface area (TPSA) is 121 Å². The standard InChI is InChI=1S/C24H26ClN5O/c1-12(23(28)31)21-22(20-16(11-26)18(27)6-7-19(20)30-21)29-13(2)15-10-14(25)4-5-17(15)24(3)8-9-24/h4-7,10-12,26,30H,8-9,27H2,1-3H3,(H2,28,31). The lowest BCUT2D eigenvalue weighted by Gasteiger charge is -2.16. The second-order valence-corrected chi connectivity index (χ2v) is 9.03. The minimum Gasteiger partial charge on any atom is -0.398 e. The maximum absolute atomic E-state index is 12.0. The van der Waals surface area contributed by atoms with Crippen LogP contribution in [0.4, 0.5) is 11.4 Å². The van der Waals surface area contributed by atoms with Crippen molar-refractivity contribution in [1.29, 1.82) is 5.41 Å². The van der Waals surface area contributed by atoms with Gasteiger partial charge < -0.3 is 21.9 Å². The number of fused-ring (bicyclic) bond motifs is 1. The van der Waals surface area contributed by atoms with E-state index in [-0.39, 0.29) is 5.41 Å². The molecule has 1 heterocycles. The Morgan fingerprint density at radius 1 is 1.32 bits per heavy atom. The molecule has 1 aromatic heterocycles. The van der Waals surface area contributed by atoms with Crippen LogP contribution in [0.25, 0.3) is 10.9 Å². The number of H-pyrrole nitrogens is 1. The first kappa shape index (κ1) is 21.1. The Morgan fingerprint density at radius 2 is 2.03 bits per heavy atom. The number of hydrogen-bond donors (Lipinski definition) is 4. The molecule has 6 nitrogen and oxygen atoms in total. The Labute approximate surface area is 186 Å². The van der Waals surface area contributed by atoms with Crippen LogP contribution < -0.4 is 11.5 Å². The van der Waals surface area contributed by atoms with Gasteiger partial charge in [0, 0.05) is 44.7 Å². The summed E-state index contributed by atoms with van der Waals surface area (Å²) >= 11 is 6.33. The van der Waals surface area contributed by atoms with Crippen molar-refractivity contribution in [3.63, 3.8) is 0 Å². The lowest BCUT2D eigenvalue weighted by molar-refractivity contribution is -0.119. The van der Waals surface area contributed by atoms with E-state index in [1.165, 1.54) is 11.8 Å². The third-order valence-electron chi connectivity index (χ3n) is 6.35. The third kappa shape index (κ3) is 3.61. The fourth-order valence-electron chi connectivity index (χ4n) is 4.09.